The average molecular weight is 293 g/mol. The van der Waals surface area contributed by atoms with Crippen molar-refractivity contribution in [2.45, 2.75) is 6.54 Å². The maximum atomic E-state index is 9.78. The van der Waals surface area contributed by atoms with Gasteiger partial charge in [0.25, 0.3) is 0 Å². The Kier molecular flexibility index (Phi) is 4.25. The molecule has 5 heteroatoms. The molecule has 0 aliphatic rings. The Morgan fingerprint density at radius 3 is 2.50 bits per heavy atom. The van der Waals surface area contributed by atoms with Gasteiger partial charge in [0, 0.05) is 26.2 Å². The number of hydrogen-bond acceptors (Lipinski definition) is 4. The van der Waals surface area contributed by atoms with Gasteiger partial charge in [-0.2, -0.15) is 0 Å². The van der Waals surface area contributed by atoms with E-state index in [0.717, 1.165) is 11.4 Å². The zero-order chi connectivity index (χ0) is 14.7. The number of benzene rings is 2. The number of hydrogen-bond donors (Lipinski definition) is 3. The fourth-order valence-corrected chi connectivity index (χ4v) is 2.37. The summed E-state index contributed by atoms with van der Waals surface area (Å²) in [6.07, 6.45) is 0. The molecule has 0 unspecified atom stereocenters. The predicted octanol–water partition coefficient (Wildman–Crippen LogP) is 3.43. The van der Waals surface area contributed by atoms with E-state index in [1.54, 1.807) is 12.1 Å². The van der Waals surface area contributed by atoms with Crippen LogP contribution in [0, 0.1) is 0 Å². The van der Waals surface area contributed by atoms with Crippen molar-refractivity contribution in [1.82, 2.24) is 0 Å². The van der Waals surface area contributed by atoms with Crippen LogP contribution in [0.3, 0.4) is 0 Å². The fraction of sp³-hybridized carbons (Fsp3) is 0.200. The van der Waals surface area contributed by atoms with E-state index in [0.29, 0.717) is 17.1 Å². The van der Waals surface area contributed by atoms with Crippen molar-refractivity contribution < 1.29 is 10.2 Å². The number of nitrogens with zero attached hydrogens (tertiary/aromatic N) is 1. The standard InChI is InChI=1S/C15H17ClN2O2/c1-18(2)14-11(16)6-4-7-12(14)17-9-10-5-3-8-13(19)15(10)20/h3-8,17,19-20H,9H2,1-2H3. The monoisotopic (exact) mass is 292 g/mol. The first-order valence-corrected chi connectivity index (χ1v) is 6.58. The zero-order valence-corrected chi connectivity index (χ0v) is 12.1. The fourth-order valence-electron chi connectivity index (χ4n) is 2.02. The molecule has 106 valence electrons. The number of aromatic hydroxyl groups is 2. The van der Waals surface area contributed by atoms with E-state index in [1.807, 2.05) is 37.2 Å². The van der Waals surface area contributed by atoms with Gasteiger partial charge in [0.15, 0.2) is 11.5 Å². The van der Waals surface area contributed by atoms with Crippen LogP contribution in [-0.4, -0.2) is 24.3 Å². The second-order valence-electron chi connectivity index (χ2n) is 4.67. The number of phenols is 2. The van der Waals surface area contributed by atoms with Crippen molar-refractivity contribution in [3.05, 3.63) is 47.0 Å². The van der Waals surface area contributed by atoms with E-state index < -0.39 is 0 Å². The molecule has 3 N–H and O–H groups in total. The molecule has 0 aliphatic carbocycles. The molecular weight excluding hydrogens is 276 g/mol. The number of para-hydroxylation sites is 2. The molecular formula is C15H17ClN2O2. The zero-order valence-electron chi connectivity index (χ0n) is 11.4. The van der Waals surface area contributed by atoms with Gasteiger partial charge < -0.3 is 20.4 Å². The number of halogens is 1. The van der Waals surface area contributed by atoms with Crippen molar-refractivity contribution in [3.8, 4) is 11.5 Å². The predicted molar refractivity (Wildman–Crippen MR) is 82.9 cm³/mol. The van der Waals surface area contributed by atoms with E-state index in [9.17, 15) is 10.2 Å². The van der Waals surface area contributed by atoms with Crippen LogP contribution >= 0.6 is 11.6 Å². The Balaban J connectivity index is 2.23. The van der Waals surface area contributed by atoms with Gasteiger partial charge in [-0.1, -0.05) is 29.8 Å². The van der Waals surface area contributed by atoms with E-state index in [4.69, 9.17) is 11.6 Å². The second-order valence-corrected chi connectivity index (χ2v) is 5.08. The summed E-state index contributed by atoms with van der Waals surface area (Å²) >= 11 is 6.19. The number of nitrogens with one attached hydrogen (secondary N) is 1. The third-order valence-electron chi connectivity index (χ3n) is 3.00. The van der Waals surface area contributed by atoms with E-state index >= 15 is 0 Å². The summed E-state index contributed by atoms with van der Waals surface area (Å²) in [6.45, 7) is 0.390. The summed E-state index contributed by atoms with van der Waals surface area (Å²) < 4.78 is 0. The minimum Gasteiger partial charge on any atom is -0.504 e. The Morgan fingerprint density at radius 1 is 1.10 bits per heavy atom. The highest BCUT2D eigenvalue weighted by Crippen LogP contribution is 2.34. The first-order valence-electron chi connectivity index (χ1n) is 6.20. The minimum absolute atomic E-state index is 0.103. The van der Waals surface area contributed by atoms with Gasteiger partial charge in [0.1, 0.15) is 0 Å². The van der Waals surface area contributed by atoms with Crippen LogP contribution in [0.5, 0.6) is 11.5 Å². The lowest BCUT2D eigenvalue weighted by atomic mass is 10.1. The van der Waals surface area contributed by atoms with Gasteiger partial charge in [0.2, 0.25) is 0 Å². The molecule has 0 aliphatic heterocycles. The Hall–Kier alpha value is -2.07. The van der Waals surface area contributed by atoms with Crippen molar-refractivity contribution >= 4 is 23.0 Å². The molecule has 0 saturated carbocycles. The molecule has 0 heterocycles. The Bertz CT molecular complexity index is 615. The molecule has 0 fully saturated rings. The average Bonchev–Trinajstić information content (AvgIpc) is 2.40. The molecule has 2 aromatic carbocycles. The molecule has 0 aromatic heterocycles. The molecule has 0 atom stereocenters. The maximum Gasteiger partial charge on any atom is 0.162 e. The third kappa shape index (κ3) is 2.91. The van der Waals surface area contributed by atoms with Gasteiger partial charge in [-0.25, -0.2) is 0 Å². The van der Waals surface area contributed by atoms with Gasteiger partial charge >= 0.3 is 0 Å². The van der Waals surface area contributed by atoms with Crippen LogP contribution in [0.15, 0.2) is 36.4 Å². The molecule has 20 heavy (non-hydrogen) atoms. The molecule has 0 spiro atoms. The van der Waals surface area contributed by atoms with E-state index in [-0.39, 0.29) is 11.5 Å². The first kappa shape index (κ1) is 14.3. The molecule has 2 rings (SSSR count). The minimum atomic E-state index is -0.122. The smallest absolute Gasteiger partial charge is 0.162 e. The Labute approximate surface area is 123 Å². The van der Waals surface area contributed by atoms with Crippen LogP contribution in [0.25, 0.3) is 0 Å². The van der Waals surface area contributed by atoms with Gasteiger partial charge in [0.05, 0.1) is 16.4 Å². The summed E-state index contributed by atoms with van der Waals surface area (Å²) in [4.78, 5) is 1.92. The lowest BCUT2D eigenvalue weighted by Crippen LogP contribution is -2.12. The van der Waals surface area contributed by atoms with Crippen LogP contribution < -0.4 is 10.2 Å². The highest BCUT2D eigenvalue weighted by molar-refractivity contribution is 6.34. The van der Waals surface area contributed by atoms with E-state index in [1.165, 1.54) is 6.07 Å². The number of anilines is 2. The summed E-state index contributed by atoms with van der Waals surface area (Å²) in [5, 5.41) is 23.1. The quantitative estimate of drug-likeness (QED) is 0.756. The number of rotatable bonds is 4. The van der Waals surface area contributed by atoms with Gasteiger partial charge in [-0.15, -0.1) is 0 Å². The lowest BCUT2D eigenvalue weighted by Gasteiger charge is -2.20. The molecule has 0 saturated heterocycles. The molecule has 2 aromatic rings. The highest BCUT2D eigenvalue weighted by atomic mass is 35.5. The Morgan fingerprint density at radius 2 is 1.80 bits per heavy atom. The molecule has 0 amide bonds. The molecule has 0 radical (unpaired) electrons. The SMILES string of the molecule is CN(C)c1c(Cl)cccc1NCc1cccc(O)c1O. The second kappa shape index (κ2) is 5.92. The normalized spacial score (nSPS) is 10.3. The number of phenolic OH excluding ortho intramolecular Hbond substituents is 2. The van der Waals surface area contributed by atoms with Crippen LogP contribution in [0.2, 0.25) is 5.02 Å². The van der Waals surface area contributed by atoms with Crippen molar-refractivity contribution in [2.24, 2.45) is 0 Å². The summed E-state index contributed by atoms with van der Waals surface area (Å²) in [7, 11) is 3.83. The van der Waals surface area contributed by atoms with Crippen LogP contribution in [0.1, 0.15) is 5.56 Å². The van der Waals surface area contributed by atoms with E-state index in [2.05, 4.69) is 5.32 Å². The summed E-state index contributed by atoms with van der Waals surface area (Å²) in [5.74, 6) is -0.225. The van der Waals surface area contributed by atoms with Gasteiger partial charge in [-0.3, -0.25) is 0 Å². The summed E-state index contributed by atoms with van der Waals surface area (Å²) in [6, 6.07) is 10.5. The highest BCUT2D eigenvalue weighted by Gasteiger charge is 2.10. The topological polar surface area (TPSA) is 55.7 Å². The van der Waals surface area contributed by atoms with Crippen LogP contribution in [-0.2, 0) is 6.54 Å². The van der Waals surface area contributed by atoms with Crippen molar-refractivity contribution in [2.75, 3.05) is 24.3 Å². The van der Waals surface area contributed by atoms with Crippen molar-refractivity contribution in [1.29, 1.82) is 0 Å². The van der Waals surface area contributed by atoms with Crippen molar-refractivity contribution in [3.63, 3.8) is 0 Å². The van der Waals surface area contributed by atoms with Gasteiger partial charge in [-0.05, 0) is 18.2 Å². The first-order chi connectivity index (χ1) is 9.50. The lowest BCUT2D eigenvalue weighted by molar-refractivity contribution is 0.400. The largest absolute Gasteiger partial charge is 0.504 e. The molecule has 0 bridgehead atoms. The van der Waals surface area contributed by atoms with Crippen LogP contribution in [0.4, 0.5) is 11.4 Å². The third-order valence-corrected chi connectivity index (χ3v) is 3.31. The molecule has 4 nitrogen and oxygen atoms in total. The summed E-state index contributed by atoms with van der Waals surface area (Å²) in [5.41, 5.74) is 2.37. The maximum absolute atomic E-state index is 9.78.